The van der Waals surface area contributed by atoms with E-state index in [1.165, 1.54) is 4.90 Å². The number of hydrogen-bond acceptors (Lipinski definition) is 5. The Bertz CT molecular complexity index is 592. The maximum absolute atomic E-state index is 12.5. The summed E-state index contributed by atoms with van der Waals surface area (Å²) in [6, 6.07) is 0. The maximum Gasteiger partial charge on any atom is 0.309 e. The van der Waals surface area contributed by atoms with Gasteiger partial charge in [-0.05, 0) is 27.7 Å². The summed E-state index contributed by atoms with van der Waals surface area (Å²) in [5, 5.41) is 12.4. The topological polar surface area (TPSA) is 79.7 Å². The van der Waals surface area contributed by atoms with Gasteiger partial charge in [-0.1, -0.05) is 13.8 Å². The first-order valence-electron chi connectivity index (χ1n) is 8.49. The minimum atomic E-state index is -1.02. The zero-order valence-corrected chi connectivity index (χ0v) is 17.0. The van der Waals surface area contributed by atoms with Crippen molar-refractivity contribution in [2.45, 2.75) is 72.1 Å². The Hall–Kier alpha value is -1.47. The van der Waals surface area contributed by atoms with Gasteiger partial charge in [0, 0.05) is 24.8 Å². The molecular weight excluding hydrogens is 340 g/mol. The van der Waals surface area contributed by atoms with Gasteiger partial charge in [0.15, 0.2) is 0 Å². The maximum atomic E-state index is 12.5. The van der Waals surface area contributed by atoms with Gasteiger partial charge in [-0.25, -0.2) is 4.98 Å². The van der Waals surface area contributed by atoms with E-state index in [-0.39, 0.29) is 12.3 Å². The number of carboxylic acids is 1. The monoisotopic (exact) mass is 370 g/mol. The number of carbonyl (C=O) groups is 2. The lowest BCUT2D eigenvalue weighted by molar-refractivity contribution is -0.156. The van der Waals surface area contributed by atoms with Crippen molar-refractivity contribution in [1.29, 1.82) is 0 Å². The van der Waals surface area contributed by atoms with Gasteiger partial charge in [0.2, 0.25) is 5.91 Å². The quantitative estimate of drug-likeness (QED) is 0.757. The highest BCUT2D eigenvalue weighted by molar-refractivity contribution is 7.09. The smallest absolute Gasteiger partial charge is 0.309 e. The number of aromatic nitrogens is 1. The molecule has 0 saturated carbocycles. The normalized spacial score (nSPS) is 14.4. The third kappa shape index (κ3) is 7.12. The number of rotatable bonds is 8. The van der Waals surface area contributed by atoms with Crippen molar-refractivity contribution in [3.63, 3.8) is 0 Å². The van der Waals surface area contributed by atoms with E-state index in [1.54, 1.807) is 25.3 Å². The Kier molecular flexibility index (Phi) is 7.56. The van der Waals surface area contributed by atoms with Crippen LogP contribution in [0.2, 0.25) is 0 Å². The molecule has 0 radical (unpaired) electrons. The summed E-state index contributed by atoms with van der Waals surface area (Å²) in [6.45, 7) is 11.8. The van der Waals surface area contributed by atoms with Crippen LogP contribution in [0.25, 0.3) is 0 Å². The lowest BCUT2D eigenvalue weighted by Gasteiger charge is -2.29. The average Bonchev–Trinajstić information content (AvgIpc) is 2.90. The molecule has 0 spiro atoms. The molecule has 142 valence electrons. The molecule has 1 amide bonds. The average molecular weight is 371 g/mol. The van der Waals surface area contributed by atoms with Gasteiger partial charge >= 0.3 is 5.97 Å². The Morgan fingerprint density at radius 1 is 1.32 bits per heavy atom. The second-order valence-corrected chi connectivity index (χ2v) is 8.56. The molecule has 1 unspecified atom stereocenters. The lowest BCUT2D eigenvalue weighted by atomic mass is 9.98. The molecule has 0 aliphatic rings. The van der Waals surface area contributed by atoms with Crippen LogP contribution in [0, 0.1) is 5.92 Å². The highest BCUT2D eigenvalue weighted by atomic mass is 32.1. The Morgan fingerprint density at radius 2 is 1.92 bits per heavy atom. The van der Waals surface area contributed by atoms with E-state index in [1.807, 2.05) is 26.2 Å². The number of amides is 1. The number of hydrogen-bond donors (Lipinski definition) is 1. The summed E-state index contributed by atoms with van der Waals surface area (Å²) in [5.41, 5.74) is 0.367. The number of nitrogens with zero attached hydrogens (tertiary/aromatic N) is 2. The van der Waals surface area contributed by atoms with Crippen molar-refractivity contribution in [2.24, 2.45) is 5.92 Å². The van der Waals surface area contributed by atoms with Crippen molar-refractivity contribution >= 4 is 23.2 Å². The van der Waals surface area contributed by atoms with Gasteiger partial charge in [0.1, 0.15) is 0 Å². The third-order valence-corrected chi connectivity index (χ3v) is 4.90. The van der Waals surface area contributed by atoms with Crippen molar-refractivity contribution in [3.8, 4) is 0 Å². The second-order valence-electron chi connectivity index (χ2n) is 7.67. The molecule has 25 heavy (non-hydrogen) atoms. The molecule has 1 aromatic heterocycles. The molecule has 1 N–H and O–H groups in total. The molecule has 6 nitrogen and oxygen atoms in total. The van der Waals surface area contributed by atoms with E-state index in [2.05, 4.69) is 18.8 Å². The predicted octanol–water partition coefficient (Wildman–Crippen LogP) is 3.52. The zero-order chi connectivity index (χ0) is 19.4. The van der Waals surface area contributed by atoms with E-state index in [4.69, 9.17) is 4.74 Å². The number of aliphatic carboxylic acids is 1. The first-order valence-corrected chi connectivity index (χ1v) is 9.37. The fourth-order valence-corrected chi connectivity index (χ4v) is 3.26. The van der Waals surface area contributed by atoms with Crippen LogP contribution >= 0.6 is 11.3 Å². The SMILES string of the molecule is CC(C)c1nc(CN(C)C(=O)C[C@H](C(=O)O)C(C)OC(C)(C)C)cs1. The fourth-order valence-electron chi connectivity index (χ4n) is 2.43. The van der Waals surface area contributed by atoms with Gasteiger partial charge in [-0.15, -0.1) is 11.3 Å². The van der Waals surface area contributed by atoms with Crippen LogP contribution in [0.5, 0.6) is 0 Å². The molecule has 1 aromatic rings. The molecule has 0 fully saturated rings. The van der Waals surface area contributed by atoms with Gasteiger partial charge in [0.05, 0.1) is 34.9 Å². The standard InChI is InChI=1S/C18H30N2O4S/c1-11(2)16-19-13(10-25-16)9-20(7)15(21)8-14(17(22)23)12(3)24-18(4,5)6/h10-12,14H,8-9H2,1-7H3,(H,22,23)/t12?,14-/m0/s1. The van der Waals surface area contributed by atoms with Gasteiger partial charge in [-0.2, -0.15) is 0 Å². The summed E-state index contributed by atoms with van der Waals surface area (Å²) in [6.07, 6.45) is -0.647. The van der Waals surface area contributed by atoms with Crippen LogP contribution in [0.1, 0.15) is 64.6 Å². The van der Waals surface area contributed by atoms with Crippen LogP contribution in [0.4, 0.5) is 0 Å². The Labute approximate surface area is 154 Å². The van der Waals surface area contributed by atoms with Crippen molar-refractivity contribution in [1.82, 2.24) is 9.88 Å². The number of carbonyl (C=O) groups excluding carboxylic acids is 1. The van der Waals surface area contributed by atoms with Crippen molar-refractivity contribution in [2.75, 3.05) is 7.05 Å². The zero-order valence-electron chi connectivity index (χ0n) is 16.2. The summed E-state index contributed by atoms with van der Waals surface area (Å²) in [7, 11) is 1.67. The minimum absolute atomic E-state index is 0.0930. The molecule has 1 rings (SSSR count). The third-order valence-electron chi connectivity index (χ3n) is 3.71. The first-order chi connectivity index (χ1) is 11.4. The molecule has 7 heteroatoms. The van der Waals surface area contributed by atoms with Crippen molar-refractivity contribution in [3.05, 3.63) is 16.1 Å². The van der Waals surface area contributed by atoms with Gasteiger partial charge < -0.3 is 14.7 Å². The minimum Gasteiger partial charge on any atom is -0.481 e. The molecule has 0 saturated heterocycles. The lowest BCUT2D eigenvalue weighted by Crippen LogP contribution is -2.38. The molecule has 1 heterocycles. The Morgan fingerprint density at radius 3 is 2.36 bits per heavy atom. The van der Waals surface area contributed by atoms with Crippen LogP contribution < -0.4 is 0 Å². The van der Waals surface area contributed by atoms with Crippen LogP contribution in [-0.2, 0) is 20.9 Å². The van der Waals surface area contributed by atoms with E-state index >= 15 is 0 Å². The first kappa shape index (κ1) is 21.6. The van der Waals surface area contributed by atoms with Gasteiger partial charge in [-0.3, -0.25) is 9.59 Å². The van der Waals surface area contributed by atoms with Crippen molar-refractivity contribution < 1.29 is 19.4 Å². The highest BCUT2D eigenvalue weighted by Gasteiger charge is 2.32. The largest absolute Gasteiger partial charge is 0.481 e. The van der Waals surface area contributed by atoms with Crippen LogP contribution in [-0.4, -0.2) is 45.6 Å². The summed E-state index contributed by atoms with van der Waals surface area (Å²) in [4.78, 5) is 30.1. The summed E-state index contributed by atoms with van der Waals surface area (Å²) < 4.78 is 5.73. The van der Waals surface area contributed by atoms with Crippen LogP contribution in [0.15, 0.2) is 5.38 Å². The van der Waals surface area contributed by atoms with E-state index < -0.39 is 23.6 Å². The predicted molar refractivity (Wildman–Crippen MR) is 98.7 cm³/mol. The molecule has 0 aliphatic carbocycles. The highest BCUT2D eigenvalue weighted by Crippen LogP contribution is 2.22. The number of thiazole rings is 1. The van der Waals surface area contributed by atoms with Gasteiger partial charge in [0.25, 0.3) is 0 Å². The fraction of sp³-hybridized carbons (Fsp3) is 0.722. The van der Waals surface area contributed by atoms with E-state index in [0.29, 0.717) is 12.5 Å². The number of carboxylic acid groups (broad SMARTS) is 1. The summed E-state index contributed by atoms with van der Waals surface area (Å²) in [5.74, 6) is -1.77. The molecule has 0 aliphatic heterocycles. The number of ether oxygens (including phenoxy) is 1. The Balaban J connectivity index is 2.70. The van der Waals surface area contributed by atoms with Crippen LogP contribution in [0.3, 0.4) is 0 Å². The molecule has 0 aromatic carbocycles. The summed E-state index contributed by atoms with van der Waals surface area (Å²) >= 11 is 1.58. The molecule has 0 bridgehead atoms. The molecular formula is C18H30N2O4S. The van der Waals surface area contributed by atoms with E-state index in [0.717, 1.165) is 10.7 Å². The van der Waals surface area contributed by atoms with E-state index in [9.17, 15) is 14.7 Å². The molecule has 2 atom stereocenters. The second kappa shape index (κ2) is 8.76.